The molecule has 0 aliphatic carbocycles. The fourth-order valence-corrected chi connectivity index (χ4v) is 3.83. The second kappa shape index (κ2) is 6.25. The summed E-state index contributed by atoms with van der Waals surface area (Å²) in [5.74, 6) is 0. The number of oxazole rings is 1. The summed E-state index contributed by atoms with van der Waals surface area (Å²) >= 11 is 7.19. The number of hydrogen-bond donors (Lipinski definition) is 1. The molecule has 3 heterocycles. The number of rotatable bonds is 3. The summed E-state index contributed by atoms with van der Waals surface area (Å²) in [5, 5.41) is 15.2. The maximum atomic E-state index is 10.9. The first-order valence-corrected chi connectivity index (χ1v) is 8.90. The molecule has 3 aromatic rings. The van der Waals surface area contributed by atoms with E-state index in [0.717, 1.165) is 31.0 Å². The van der Waals surface area contributed by atoms with Gasteiger partial charge < -0.3 is 14.6 Å². The molecule has 2 aromatic heterocycles. The van der Waals surface area contributed by atoms with Gasteiger partial charge in [0.15, 0.2) is 5.58 Å². The third-order valence-corrected chi connectivity index (χ3v) is 5.29. The predicted molar refractivity (Wildman–Crippen MR) is 96.5 cm³/mol. The van der Waals surface area contributed by atoms with E-state index < -0.39 is 4.92 Å². The van der Waals surface area contributed by atoms with Gasteiger partial charge in [0.1, 0.15) is 16.7 Å². The second-order valence-corrected chi connectivity index (χ2v) is 7.25. The molecule has 1 N–H and O–H groups in total. The zero-order valence-corrected chi connectivity index (χ0v) is 14.8. The molecule has 0 amide bonds. The van der Waals surface area contributed by atoms with E-state index >= 15 is 0 Å². The van der Waals surface area contributed by atoms with Crippen molar-refractivity contribution < 1.29 is 9.34 Å². The van der Waals surface area contributed by atoms with Gasteiger partial charge in [0.25, 0.3) is 6.01 Å². The molecule has 8 nitrogen and oxygen atoms in total. The number of nitro groups is 1. The van der Waals surface area contributed by atoms with Crippen LogP contribution in [0.5, 0.6) is 0 Å². The smallest absolute Gasteiger partial charge is 0.344 e. The van der Waals surface area contributed by atoms with Crippen LogP contribution in [0.4, 0.5) is 11.0 Å². The average molecular weight is 380 g/mol. The number of nitrogens with one attached hydrogen (secondary N) is 1. The van der Waals surface area contributed by atoms with Crippen molar-refractivity contribution in [3.05, 3.63) is 33.5 Å². The Bertz CT molecular complexity index is 956. The molecule has 1 fully saturated rings. The maximum absolute atomic E-state index is 10.9. The quantitative estimate of drug-likeness (QED) is 0.550. The maximum Gasteiger partial charge on any atom is 0.344 e. The van der Waals surface area contributed by atoms with Crippen molar-refractivity contribution in [3.8, 4) is 10.6 Å². The lowest BCUT2D eigenvalue weighted by atomic mass is 10.2. The van der Waals surface area contributed by atoms with E-state index in [1.165, 1.54) is 6.20 Å². The van der Waals surface area contributed by atoms with Crippen molar-refractivity contribution in [1.29, 1.82) is 0 Å². The van der Waals surface area contributed by atoms with E-state index in [-0.39, 0.29) is 11.0 Å². The van der Waals surface area contributed by atoms with Crippen molar-refractivity contribution in [1.82, 2.24) is 15.3 Å². The lowest BCUT2D eigenvalue weighted by molar-refractivity contribution is -0.380. The number of piperazine rings is 1. The van der Waals surface area contributed by atoms with Gasteiger partial charge in [-0.1, -0.05) is 11.6 Å². The fourth-order valence-electron chi connectivity index (χ4n) is 2.87. The number of halogens is 1. The zero-order valence-electron chi connectivity index (χ0n) is 13.2. The largest absolute Gasteiger partial charge is 0.423 e. The first kappa shape index (κ1) is 16.2. The standard InChI is InChI=1S/C15H14ClN5O3S/c1-8-6-17-2-3-20(8)15-19-11-5-9(16)4-10(13(11)24-15)14-18-7-12(25-14)21(22)23/h4-5,7-8,17H,2-3,6H2,1H3. The SMILES string of the molecule is CC1CNCCN1c1nc2cc(Cl)cc(-c3ncc([N+](=O)[O-])s3)c2o1. The summed E-state index contributed by atoms with van der Waals surface area (Å²) in [7, 11) is 0. The van der Waals surface area contributed by atoms with Crippen LogP contribution in [-0.2, 0) is 0 Å². The third-order valence-electron chi connectivity index (χ3n) is 4.09. The monoisotopic (exact) mass is 379 g/mol. The molecule has 130 valence electrons. The Morgan fingerprint density at radius 1 is 1.52 bits per heavy atom. The highest BCUT2D eigenvalue weighted by molar-refractivity contribution is 7.18. The molecule has 1 aliphatic rings. The van der Waals surface area contributed by atoms with Gasteiger partial charge in [-0.25, -0.2) is 4.98 Å². The van der Waals surface area contributed by atoms with Gasteiger partial charge in [0, 0.05) is 30.7 Å². The van der Waals surface area contributed by atoms with E-state index in [4.69, 9.17) is 16.0 Å². The van der Waals surface area contributed by atoms with Crippen molar-refractivity contribution in [2.45, 2.75) is 13.0 Å². The van der Waals surface area contributed by atoms with Crippen LogP contribution in [0.15, 0.2) is 22.7 Å². The molecular weight excluding hydrogens is 366 g/mol. The van der Waals surface area contributed by atoms with Gasteiger partial charge in [0.2, 0.25) is 0 Å². The number of nitrogens with zero attached hydrogens (tertiary/aromatic N) is 4. The van der Waals surface area contributed by atoms with Gasteiger partial charge >= 0.3 is 5.00 Å². The molecule has 0 bridgehead atoms. The minimum atomic E-state index is -0.461. The van der Waals surface area contributed by atoms with Crippen molar-refractivity contribution in [2.24, 2.45) is 0 Å². The highest BCUT2D eigenvalue weighted by Gasteiger charge is 2.25. The number of hydrogen-bond acceptors (Lipinski definition) is 8. The lowest BCUT2D eigenvalue weighted by Gasteiger charge is -2.32. The highest BCUT2D eigenvalue weighted by Crippen LogP contribution is 2.38. The molecule has 1 unspecified atom stereocenters. The molecule has 1 atom stereocenters. The Morgan fingerprint density at radius 3 is 3.08 bits per heavy atom. The molecule has 10 heteroatoms. The van der Waals surface area contributed by atoms with Gasteiger partial charge in [-0.05, 0) is 30.4 Å². The van der Waals surface area contributed by atoms with Gasteiger partial charge in [-0.3, -0.25) is 10.1 Å². The van der Waals surface area contributed by atoms with Crippen LogP contribution in [0.2, 0.25) is 5.02 Å². The third kappa shape index (κ3) is 2.94. The molecule has 0 radical (unpaired) electrons. The Balaban J connectivity index is 1.82. The van der Waals surface area contributed by atoms with Gasteiger partial charge in [0.05, 0.1) is 10.5 Å². The molecular formula is C15H14ClN5O3S. The van der Waals surface area contributed by atoms with Crippen LogP contribution >= 0.6 is 22.9 Å². The van der Waals surface area contributed by atoms with E-state index in [2.05, 4.69) is 27.1 Å². The number of thiazole rings is 1. The summed E-state index contributed by atoms with van der Waals surface area (Å²) in [5.41, 5.74) is 1.76. The van der Waals surface area contributed by atoms with Crippen LogP contribution in [0.1, 0.15) is 6.92 Å². The summed E-state index contributed by atoms with van der Waals surface area (Å²) in [6, 6.07) is 4.20. The Hall–Kier alpha value is -2.23. The normalized spacial score (nSPS) is 18.0. The van der Waals surface area contributed by atoms with E-state index in [1.54, 1.807) is 12.1 Å². The zero-order chi connectivity index (χ0) is 17.6. The second-order valence-electron chi connectivity index (χ2n) is 5.81. The lowest BCUT2D eigenvalue weighted by Crippen LogP contribution is -2.50. The van der Waals surface area contributed by atoms with Crippen LogP contribution < -0.4 is 10.2 Å². The minimum Gasteiger partial charge on any atom is -0.423 e. The Labute approximate surface area is 151 Å². The van der Waals surface area contributed by atoms with Crippen molar-refractivity contribution in [2.75, 3.05) is 24.5 Å². The topological polar surface area (TPSA) is 97.3 Å². The Morgan fingerprint density at radius 2 is 2.36 bits per heavy atom. The molecule has 25 heavy (non-hydrogen) atoms. The van der Waals surface area contributed by atoms with Crippen LogP contribution in [0.3, 0.4) is 0 Å². The van der Waals surface area contributed by atoms with Crippen LogP contribution in [0, 0.1) is 10.1 Å². The molecule has 0 spiro atoms. The van der Waals surface area contributed by atoms with Crippen LogP contribution in [0.25, 0.3) is 21.7 Å². The minimum absolute atomic E-state index is 0.0291. The fraction of sp³-hybridized carbons (Fsp3) is 0.333. The summed E-state index contributed by atoms with van der Waals surface area (Å²) in [6.45, 7) is 4.60. The molecule has 1 aromatic carbocycles. The predicted octanol–water partition coefficient (Wildman–Crippen LogP) is 3.31. The first-order chi connectivity index (χ1) is 12.0. The summed E-state index contributed by atoms with van der Waals surface area (Å²) in [6.07, 6.45) is 1.24. The molecule has 1 saturated heterocycles. The highest BCUT2D eigenvalue weighted by atomic mass is 35.5. The molecule has 1 aliphatic heterocycles. The summed E-state index contributed by atoms with van der Waals surface area (Å²) in [4.78, 5) is 21.3. The number of anilines is 1. The van der Waals surface area contributed by atoms with Crippen molar-refractivity contribution >= 4 is 45.1 Å². The number of benzene rings is 1. The van der Waals surface area contributed by atoms with E-state index in [1.807, 2.05) is 0 Å². The summed E-state index contributed by atoms with van der Waals surface area (Å²) < 4.78 is 6.01. The molecule has 4 rings (SSSR count). The first-order valence-electron chi connectivity index (χ1n) is 7.71. The van der Waals surface area contributed by atoms with E-state index in [0.29, 0.717) is 32.7 Å². The van der Waals surface area contributed by atoms with Gasteiger partial charge in [-0.15, -0.1) is 0 Å². The molecule has 0 saturated carbocycles. The van der Waals surface area contributed by atoms with Gasteiger partial charge in [-0.2, -0.15) is 4.98 Å². The number of fused-ring (bicyclic) bond motifs is 1. The van der Waals surface area contributed by atoms with Crippen LogP contribution in [-0.4, -0.2) is 40.6 Å². The van der Waals surface area contributed by atoms with E-state index in [9.17, 15) is 10.1 Å². The van der Waals surface area contributed by atoms with Crippen molar-refractivity contribution in [3.63, 3.8) is 0 Å². The number of aromatic nitrogens is 2. The average Bonchev–Trinajstić information content (AvgIpc) is 3.21. The Kier molecular flexibility index (Phi) is 4.06.